The van der Waals surface area contributed by atoms with Gasteiger partial charge < -0.3 is 4.74 Å². The van der Waals surface area contributed by atoms with Crippen molar-refractivity contribution < 1.29 is 19.2 Å². The van der Waals surface area contributed by atoms with Crippen LogP contribution in [0.15, 0.2) is 42.5 Å². The first-order valence-electron chi connectivity index (χ1n) is 6.43. The molecule has 2 aromatic carbocycles. The summed E-state index contributed by atoms with van der Waals surface area (Å²) in [6.45, 7) is 0. The quantitative estimate of drug-likeness (QED) is 0.532. The van der Waals surface area contributed by atoms with Gasteiger partial charge in [0, 0.05) is 6.07 Å². The second-order valence-corrected chi connectivity index (χ2v) is 4.67. The molecule has 0 spiro atoms. The first-order chi connectivity index (χ1) is 10.6. The van der Waals surface area contributed by atoms with Crippen molar-refractivity contribution in [2.45, 2.75) is 6.42 Å². The number of imide groups is 1. The summed E-state index contributed by atoms with van der Waals surface area (Å²) in [5.74, 6) is -0.747. The van der Waals surface area contributed by atoms with E-state index in [0.29, 0.717) is 5.56 Å². The maximum absolute atomic E-state index is 12.0. The summed E-state index contributed by atoms with van der Waals surface area (Å²) >= 11 is 0. The third-order valence-corrected chi connectivity index (χ3v) is 3.23. The second kappa shape index (κ2) is 5.28. The molecular weight excluding hydrogens is 288 g/mol. The van der Waals surface area contributed by atoms with E-state index >= 15 is 0 Å². The van der Waals surface area contributed by atoms with Gasteiger partial charge in [-0.25, -0.2) is 0 Å². The molecule has 3 rings (SSSR count). The van der Waals surface area contributed by atoms with Gasteiger partial charge in [-0.05, 0) is 17.7 Å². The zero-order valence-electron chi connectivity index (χ0n) is 11.2. The van der Waals surface area contributed by atoms with Crippen molar-refractivity contribution in [1.29, 1.82) is 0 Å². The number of nitro groups is 1. The van der Waals surface area contributed by atoms with Gasteiger partial charge in [0.25, 0.3) is 5.91 Å². The van der Waals surface area contributed by atoms with E-state index in [-0.39, 0.29) is 35.1 Å². The predicted molar refractivity (Wildman–Crippen MR) is 75.8 cm³/mol. The minimum absolute atomic E-state index is 0.0330. The molecule has 1 heterocycles. The van der Waals surface area contributed by atoms with E-state index in [1.54, 1.807) is 18.2 Å². The van der Waals surface area contributed by atoms with Gasteiger partial charge in [-0.2, -0.15) is 0 Å². The van der Waals surface area contributed by atoms with Crippen LogP contribution >= 0.6 is 0 Å². The number of fused-ring (bicyclic) bond motifs is 1. The van der Waals surface area contributed by atoms with Crippen LogP contribution in [-0.2, 0) is 11.2 Å². The average molecular weight is 298 g/mol. The van der Waals surface area contributed by atoms with Gasteiger partial charge in [0.2, 0.25) is 11.7 Å². The van der Waals surface area contributed by atoms with Crippen LogP contribution < -0.4 is 10.1 Å². The first kappa shape index (κ1) is 13.7. The van der Waals surface area contributed by atoms with E-state index < -0.39 is 10.8 Å². The third kappa shape index (κ3) is 2.39. The molecule has 0 saturated heterocycles. The molecule has 1 aliphatic rings. The highest BCUT2D eigenvalue weighted by atomic mass is 16.6. The summed E-state index contributed by atoms with van der Waals surface area (Å²) in [5, 5.41) is 13.2. The van der Waals surface area contributed by atoms with E-state index in [1.807, 2.05) is 0 Å². The van der Waals surface area contributed by atoms with E-state index in [2.05, 4.69) is 5.32 Å². The molecule has 2 amide bonds. The Morgan fingerprint density at radius 1 is 1.05 bits per heavy atom. The fourth-order valence-electron chi connectivity index (χ4n) is 2.29. The van der Waals surface area contributed by atoms with Crippen molar-refractivity contribution in [3.63, 3.8) is 0 Å². The molecule has 2 aromatic rings. The highest BCUT2D eigenvalue weighted by Gasteiger charge is 2.27. The fraction of sp³-hybridized carbons (Fsp3) is 0.0667. The number of ether oxygens (including phenoxy) is 1. The summed E-state index contributed by atoms with van der Waals surface area (Å²) in [6, 6.07) is 10.7. The standard InChI is InChI=1S/C15H10N2O5/c18-13-8-9-4-3-7-12(14(9)15(19)16-13)22-11-6-2-1-5-10(11)17(20)21/h1-7H,8H2,(H,16,18,19). The highest BCUT2D eigenvalue weighted by Crippen LogP contribution is 2.34. The normalized spacial score (nSPS) is 13.3. The van der Waals surface area contributed by atoms with Crippen molar-refractivity contribution in [3.05, 3.63) is 63.7 Å². The number of carbonyl (C=O) groups excluding carboxylic acids is 2. The maximum atomic E-state index is 12.0. The first-order valence-corrected chi connectivity index (χ1v) is 6.43. The second-order valence-electron chi connectivity index (χ2n) is 4.67. The summed E-state index contributed by atoms with van der Waals surface area (Å²) in [4.78, 5) is 33.8. The summed E-state index contributed by atoms with van der Waals surface area (Å²) in [7, 11) is 0. The molecular formula is C15H10N2O5. The highest BCUT2D eigenvalue weighted by molar-refractivity contribution is 6.11. The van der Waals surface area contributed by atoms with Gasteiger partial charge in [-0.15, -0.1) is 0 Å². The van der Waals surface area contributed by atoms with Crippen LogP contribution in [0, 0.1) is 10.1 Å². The minimum Gasteiger partial charge on any atom is -0.449 e. The number of nitrogens with one attached hydrogen (secondary N) is 1. The number of amides is 2. The average Bonchev–Trinajstić information content (AvgIpc) is 2.47. The molecule has 0 unspecified atom stereocenters. The van der Waals surface area contributed by atoms with E-state index in [0.717, 1.165) is 0 Å². The van der Waals surface area contributed by atoms with Crippen molar-refractivity contribution >= 4 is 17.5 Å². The lowest BCUT2D eigenvalue weighted by Crippen LogP contribution is -2.37. The SMILES string of the molecule is O=C1Cc2cccc(Oc3ccccc3[N+](=O)[O-])c2C(=O)N1. The number of hydrogen-bond donors (Lipinski definition) is 1. The number of para-hydroxylation sites is 2. The van der Waals surface area contributed by atoms with Crippen LogP contribution in [0.3, 0.4) is 0 Å². The maximum Gasteiger partial charge on any atom is 0.311 e. The molecule has 0 fully saturated rings. The largest absolute Gasteiger partial charge is 0.449 e. The lowest BCUT2D eigenvalue weighted by Gasteiger charge is -2.18. The van der Waals surface area contributed by atoms with E-state index in [1.165, 1.54) is 24.3 Å². The molecule has 0 saturated carbocycles. The number of nitrogens with zero attached hydrogens (tertiary/aromatic N) is 1. The predicted octanol–water partition coefficient (Wildman–Crippen LogP) is 2.20. The molecule has 7 heteroatoms. The van der Waals surface area contributed by atoms with Crippen LogP contribution in [0.2, 0.25) is 0 Å². The fourth-order valence-corrected chi connectivity index (χ4v) is 2.29. The van der Waals surface area contributed by atoms with Crippen LogP contribution in [0.25, 0.3) is 0 Å². The summed E-state index contributed by atoms with van der Waals surface area (Å²) < 4.78 is 5.56. The number of carbonyl (C=O) groups is 2. The number of rotatable bonds is 3. The summed E-state index contributed by atoms with van der Waals surface area (Å²) in [5.41, 5.74) is 0.553. The summed E-state index contributed by atoms with van der Waals surface area (Å²) in [6.07, 6.45) is 0.0646. The van der Waals surface area contributed by atoms with Gasteiger partial charge in [0.1, 0.15) is 5.75 Å². The molecule has 0 bridgehead atoms. The van der Waals surface area contributed by atoms with Crippen molar-refractivity contribution in [2.75, 3.05) is 0 Å². The number of nitro benzene ring substituents is 1. The Morgan fingerprint density at radius 2 is 1.77 bits per heavy atom. The molecule has 22 heavy (non-hydrogen) atoms. The van der Waals surface area contributed by atoms with Gasteiger partial charge in [0.15, 0.2) is 0 Å². The molecule has 0 radical (unpaired) electrons. The monoisotopic (exact) mass is 298 g/mol. The van der Waals surface area contributed by atoms with Gasteiger partial charge in [-0.3, -0.25) is 25.0 Å². The number of hydrogen-bond acceptors (Lipinski definition) is 5. The van der Waals surface area contributed by atoms with Crippen molar-refractivity contribution in [1.82, 2.24) is 5.32 Å². The van der Waals surface area contributed by atoms with Crippen molar-refractivity contribution in [2.24, 2.45) is 0 Å². The Balaban J connectivity index is 2.05. The Hall–Kier alpha value is -3.22. The minimum atomic E-state index is -0.569. The molecule has 0 aromatic heterocycles. The zero-order valence-corrected chi connectivity index (χ0v) is 11.2. The van der Waals surface area contributed by atoms with Gasteiger partial charge >= 0.3 is 5.69 Å². The number of benzene rings is 2. The Kier molecular flexibility index (Phi) is 3.30. The van der Waals surface area contributed by atoms with Crippen LogP contribution in [0.4, 0.5) is 5.69 Å². The topological polar surface area (TPSA) is 98.5 Å². The van der Waals surface area contributed by atoms with Crippen LogP contribution in [-0.4, -0.2) is 16.7 Å². The Labute approximate surface area is 124 Å². The van der Waals surface area contributed by atoms with E-state index in [9.17, 15) is 19.7 Å². The van der Waals surface area contributed by atoms with Crippen molar-refractivity contribution in [3.8, 4) is 11.5 Å². The lowest BCUT2D eigenvalue weighted by atomic mass is 9.99. The van der Waals surface area contributed by atoms with Gasteiger partial charge in [-0.1, -0.05) is 24.3 Å². The molecule has 1 aliphatic heterocycles. The molecule has 0 aliphatic carbocycles. The smallest absolute Gasteiger partial charge is 0.311 e. The molecule has 1 N–H and O–H groups in total. The van der Waals surface area contributed by atoms with E-state index in [4.69, 9.17) is 4.74 Å². The molecule has 0 atom stereocenters. The Bertz CT molecular complexity index is 800. The van der Waals surface area contributed by atoms with Gasteiger partial charge in [0.05, 0.1) is 16.9 Å². The molecule has 110 valence electrons. The molecule has 7 nitrogen and oxygen atoms in total. The zero-order chi connectivity index (χ0) is 15.7. The Morgan fingerprint density at radius 3 is 2.55 bits per heavy atom. The van der Waals surface area contributed by atoms with Crippen LogP contribution in [0.5, 0.6) is 11.5 Å². The third-order valence-electron chi connectivity index (χ3n) is 3.23. The van der Waals surface area contributed by atoms with Crippen LogP contribution in [0.1, 0.15) is 15.9 Å². The lowest BCUT2D eigenvalue weighted by molar-refractivity contribution is -0.385.